The number of carbonyl (C=O) groups excluding carboxylic acids is 7. The van der Waals surface area contributed by atoms with Crippen molar-refractivity contribution < 1.29 is 108 Å². The highest BCUT2D eigenvalue weighted by atomic mass is 19.2. The second kappa shape index (κ2) is 25.2. The molecule has 0 radical (unpaired) electrons. The lowest BCUT2D eigenvalue weighted by atomic mass is 9.93. The van der Waals surface area contributed by atoms with E-state index in [-0.39, 0.29) is 13.2 Å². The zero-order valence-electron chi connectivity index (χ0n) is 43.4. The summed E-state index contributed by atoms with van der Waals surface area (Å²) >= 11 is 0. The van der Waals surface area contributed by atoms with Crippen molar-refractivity contribution in [3.8, 4) is 16.9 Å². The van der Waals surface area contributed by atoms with E-state index in [0.29, 0.717) is 5.56 Å². The fraction of sp³-hybridized carbons (Fsp3) is 0.426. The molecular formula is C54H54F5N3O18. The number of fused-ring (bicyclic) bond motifs is 4. The molecule has 4 aliphatic rings. The quantitative estimate of drug-likeness (QED) is 0.0314. The number of nitrogens with one attached hydrogen (secondary N) is 3. The summed E-state index contributed by atoms with van der Waals surface area (Å²) in [6.45, 7) is 5.09. The van der Waals surface area contributed by atoms with E-state index in [9.17, 15) is 46.7 Å². The van der Waals surface area contributed by atoms with E-state index in [1.54, 1.807) is 42.5 Å². The molecule has 13 atom stereocenters. The van der Waals surface area contributed by atoms with Crippen molar-refractivity contribution in [3.05, 3.63) is 125 Å². The number of halogens is 5. The van der Waals surface area contributed by atoms with Gasteiger partial charge in [0, 0.05) is 46.1 Å². The molecule has 1 unspecified atom stereocenters. The summed E-state index contributed by atoms with van der Waals surface area (Å²) < 4.78 is 139. The minimum Gasteiger partial charge on any atom is -0.463 e. The summed E-state index contributed by atoms with van der Waals surface area (Å²) in [7, 11) is 0. The number of rotatable bonds is 17. The van der Waals surface area contributed by atoms with Gasteiger partial charge in [-0.1, -0.05) is 78.9 Å². The van der Waals surface area contributed by atoms with Crippen molar-refractivity contribution in [3.63, 3.8) is 0 Å². The fourth-order valence-electron chi connectivity index (χ4n) is 9.84. The highest BCUT2D eigenvalue weighted by Gasteiger charge is 2.57. The van der Waals surface area contributed by atoms with Gasteiger partial charge < -0.3 is 68.1 Å². The van der Waals surface area contributed by atoms with Gasteiger partial charge in [0.1, 0.15) is 49.7 Å². The molecule has 80 heavy (non-hydrogen) atoms. The molecule has 26 heteroatoms. The Morgan fingerprint density at radius 1 is 0.613 bits per heavy atom. The van der Waals surface area contributed by atoms with Crippen LogP contribution in [-0.2, 0) is 76.1 Å². The van der Waals surface area contributed by atoms with Gasteiger partial charge in [-0.05, 0) is 29.2 Å². The molecule has 0 aromatic heterocycles. The third kappa shape index (κ3) is 13.0. The Morgan fingerprint density at radius 2 is 1.16 bits per heavy atom. The van der Waals surface area contributed by atoms with Gasteiger partial charge in [0.15, 0.2) is 37.1 Å². The van der Waals surface area contributed by atoms with Crippen LogP contribution >= 0.6 is 0 Å². The van der Waals surface area contributed by atoms with E-state index in [0.717, 1.165) is 63.8 Å². The van der Waals surface area contributed by atoms with Gasteiger partial charge >= 0.3 is 30.0 Å². The van der Waals surface area contributed by atoms with Gasteiger partial charge in [0.25, 0.3) is 0 Å². The number of amides is 3. The summed E-state index contributed by atoms with van der Waals surface area (Å²) in [4.78, 5) is 91.8. The highest BCUT2D eigenvalue weighted by molar-refractivity contribution is 5.84. The second-order valence-corrected chi connectivity index (χ2v) is 18.9. The zero-order valence-corrected chi connectivity index (χ0v) is 43.4. The maximum atomic E-state index is 15.1. The Labute approximate surface area is 452 Å². The third-order valence-corrected chi connectivity index (χ3v) is 13.2. The smallest absolute Gasteiger partial charge is 0.407 e. The van der Waals surface area contributed by atoms with Crippen LogP contribution in [0.3, 0.4) is 0 Å². The van der Waals surface area contributed by atoms with Crippen LogP contribution in [0.15, 0.2) is 78.9 Å². The van der Waals surface area contributed by atoms with Gasteiger partial charge in [-0.2, -0.15) is 8.78 Å². The van der Waals surface area contributed by atoms with Crippen LogP contribution in [0.1, 0.15) is 70.4 Å². The van der Waals surface area contributed by atoms with Crippen molar-refractivity contribution >= 4 is 41.8 Å². The summed E-state index contributed by atoms with van der Waals surface area (Å²) in [6.07, 6.45) is -17.0. The Kier molecular flexibility index (Phi) is 18.5. The van der Waals surface area contributed by atoms with Crippen LogP contribution in [0.4, 0.5) is 26.7 Å². The van der Waals surface area contributed by atoms with Crippen LogP contribution in [-0.4, -0.2) is 135 Å². The largest absolute Gasteiger partial charge is 0.463 e. The Balaban J connectivity index is 1.16. The standard InChI is InChI=1S/C54H54F5N3O18/c1-23(42(50(68)78-47-40(58)38(56)37(55)39(57)41(47)59)62-54(69)72-20-34-32-18-12-10-16-30(32)31-17-11-13-19-33(31)34)73-52-44(61-25(3)64)49(46-36(76-52)22-71-51(79-46)29-14-8-7-9-15-29)80-53-43(60-24(2)63)48(75-28(6)67)45(74-27(5)66)35(77-53)21-70-26(4)65/h7-19,23,34-36,42-46,48-49,51-53H,20-22H2,1-6H3,(H,60,63)(H,61,64)(H,62,69)/t23-,35-,36-,42+,43-,44-,45-,46+,48-,49-,51?,52+,53+/m1/s1. The highest BCUT2D eigenvalue weighted by Crippen LogP contribution is 2.45. The minimum atomic E-state index is -2.56. The Bertz CT molecular complexity index is 2920. The van der Waals surface area contributed by atoms with Crippen LogP contribution in [0, 0.1) is 29.1 Å². The molecular weight excluding hydrogens is 1070 g/mol. The molecule has 0 saturated carbocycles. The fourth-order valence-corrected chi connectivity index (χ4v) is 9.84. The van der Waals surface area contributed by atoms with E-state index >= 15 is 8.78 Å². The normalized spacial score (nSPS) is 25.7. The molecule has 4 aromatic rings. The third-order valence-electron chi connectivity index (χ3n) is 13.2. The summed E-state index contributed by atoms with van der Waals surface area (Å²) in [6, 6.07) is 17.5. The molecule has 3 fully saturated rings. The first-order valence-corrected chi connectivity index (χ1v) is 24.9. The Morgan fingerprint density at radius 3 is 1.74 bits per heavy atom. The maximum absolute atomic E-state index is 15.1. The van der Waals surface area contributed by atoms with E-state index in [2.05, 4.69) is 16.0 Å². The first-order chi connectivity index (χ1) is 38.1. The number of alkyl carbamates (subject to hydrolysis) is 1. The van der Waals surface area contributed by atoms with E-state index in [1.165, 1.54) is 0 Å². The monoisotopic (exact) mass is 1130 g/mol. The van der Waals surface area contributed by atoms with Gasteiger partial charge in [0.05, 0.1) is 12.7 Å². The van der Waals surface area contributed by atoms with Crippen molar-refractivity contribution in [1.82, 2.24) is 16.0 Å². The molecule has 428 valence electrons. The van der Waals surface area contributed by atoms with Crippen LogP contribution in [0.5, 0.6) is 5.75 Å². The molecule has 1 aliphatic carbocycles. The van der Waals surface area contributed by atoms with E-state index < -0.39 is 169 Å². The maximum Gasteiger partial charge on any atom is 0.407 e. The topological polar surface area (TPSA) is 257 Å². The Hall–Kier alpha value is -7.62. The van der Waals surface area contributed by atoms with E-state index in [4.69, 9.17) is 52.1 Å². The lowest BCUT2D eigenvalue weighted by Crippen LogP contribution is -2.71. The first-order valence-electron chi connectivity index (χ1n) is 24.9. The van der Waals surface area contributed by atoms with Gasteiger partial charge in [-0.25, -0.2) is 22.8 Å². The zero-order chi connectivity index (χ0) is 57.7. The molecule has 3 aliphatic heterocycles. The number of hydrogen-bond donors (Lipinski definition) is 3. The van der Waals surface area contributed by atoms with Crippen LogP contribution < -0.4 is 20.7 Å². The average Bonchev–Trinajstić information content (AvgIpc) is 3.82. The molecule has 3 amide bonds. The number of benzene rings is 4. The average molecular weight is 1130 g/mol. The SMILES string of the molecule is CC(=O)N[C@H]1[C@@H](O[C@H](C)[C@H](NC(=O)OCC2c3ccccc3-c3ccccc32)C(=O)Oc2c(F)c(F)c(F)c(F)c2F)O[C@@H]2COC(c3ccccc3)O[C@@H]2[C@@H]1O[C@@H]1O[C@H](COC(C)=O)[C@@H](OC(C)=O)[C@H](OC(C)=O)[C@H]1NC(C)=O. The lowest BCUT2D eigenvalue weighted by molar-refractivity contribution is -0.374. The molecule has 3 N–H and O–H groups in total. The van der Waals surface area contributed by atoms with Gasteiger partial charge in [-0.15, -0.1) is 0 Å². The predicted octanol–water partition coefficient (Wildman–Crippen LogP) is 4.99. The molecule has 3 heterocycles. The van der Waals surface area contributed by atoms with Crippen molar-refractivity contribution in [1.29, 1.82) is 0 Å². The predicted molar refractivity (Wildman–Crippen MR) is 260 cm³/mol. The van der Waals surface area contributed by atoms with Gasteiger partial charge in [-0.3, -0.25) is 24.0 Å². The minimum absolute atomic E-state index is 0.338. The summed E-state index contributed by atoms with van der Waals surface area (Å²) in [5.74, 6) is -21.1. The molecule has 0 spiro atoms. The summed E-state index contributed by atoms with van der Waals surface area (Å²) in [5, 5.41) is 7.45. The first kappa shape index (κ1) is 58.5. The molecule has 4 aromatic carbocycles. The molecule has 8 rings (SSSR count). The molecule has 3 saturated heterocycles. The van der Waals surface area contributed by atoms with E-state index in [1.807, 2.05) is 36.4 Å². The van der Waals surface area contributed by atoms with Crippen molar-refractivity contribution in [2.24, 2.45) is 0 Å². The number of ether oxygens (including phenoxy) is 11. The second-order valence-electron chi connectivity index (χ2n) is 18.9. The summed E-state index contributed by atoms with van der Waals surface area (Å²) in [5.41, 5.74) is 3.78. The molecule has 21 nitrogen and oxygen atoms in total. The van der Waals surface area contributed by atoms with Crippen molar-refractivity contribution in [2.75, 3.05) is 19.8 Å². The van der Waals surface area contributed by atoms with Gasteiger partial charge in [0.2, 0.25) is 46.6 Å². The number of hydrogen-bond acceptors (Lipinski definition) is 18. The van der Waals surface area contributed by atoms with Crippen LogP contribution in [0.2, 0.25) is 0 Å². The molecule has 0 bridgehead atoms. The van der Waals surface area contributed by atoms with Crippen molar-refractivity contribution in [2.45, 2.75) is 127 Å². The lowest BCUT2D eigenvalue weighted by Gasteiger charge is -2.52. The number of carbonyl (C=O) groups is 7. The number of esters is 4. The van der Waals surface area contributed by atoms with Crippen LogP contribution in [0.25, 0.3) is 11.1 Å².